The molecule has 1 N–H and O–H groups in total. The molecule has 1 heterocycles. The van der Waals surface area contributed by atoms with Crippen LogP contribution in [0, 0.1) is 13.8 Å². The Balaban J connectivity index is 2.16. The van der Waals surface area contributed by atoms with Gasteiger partial charge in [-0.2, -0.15) is 0 Å². The topological polar surface area (TPSA) is 71.4 Å². The summed E-state index contributed by atoms with van der Waals surface area (Å²) in [5.41, 5.74) is 2.83. The average Bonchev–Trinajstić information content (AvgIpc) is 2.74. The fraction of sp³-hybridized carbons (Fsp3) is 0.267. The number of hydrogen-bond donors (Lipinski definition) is 1. The summed E-state index contributed by atoms with van der Waals surface area (Å²) in [5.74, 6) is -1.19. The standard InChI is InChI=1S/C15H16O4S2/c1-10-5-11(2)7-12(6-10)8-21(18,19)9-13-3-4-14(20-13)15(16)17/h3-7H,8-9H2,1-2H3,(H,16,17). The molecule has 0 amide bonds. The molecule has 0 atom stereocenters. The first-order valence-electron chi connectivity index (χ1n) is 6.35. The van der Waals surface area contributed by atoms with Crippen LogP contribution in [0.15, 0.2) is 30.3 Å². The van der Waals surface area contributed by atoms with E-state index in [-0.39, 0.29) is 16.4 Å². The van der Waals surface area contributed by atoms with Crippen molar-refractivity contribution in [2.24, 2.45) is 0 Å². The first kappa shape index (κ1) is 15.7. The molecule has 1 aromatic carbocycles. The van der Waals surface area contributed by atoms with E-state index in [1.54, 1.807) is 6.07 Å². The Morgan fingerprint density at radius 1 is 1.10 bits per heavy atom. The van der Waals surface area contributed by atoms with Gasteiger partial charge in [0.15, 0.2) is 9.84 Å². The van der Waals surface area contributed by atoms with Crippen LogP contribution in [0.5, 0.6) is 0 Å². The van der Waals surface area contributed by atoms with Gasteiger partial charge in [0.2, 0.25) is 0 Å². The first-order chi connectivity index (χ1) is 9.75. The minimum Gasteiger partial charge on any atom is -0.477 e. The van der Waals surface area contributed by atoms with E-state index in [4.69, 9.17) is 5.11 Å². The average molecular weight is 324 g/mol. The highest BCUT2D eigenvalue weighted by atomic mass is 32.2. The van der Waals surface area contributed by atoms with E-state index in [9.17, 15) is 13.2 Å². The number of carboxylic acid groups (broad SMARTS) is 1. The van der Waals surface area contributed by atoms with E-state index >= 15 is 0 Å². The summed E-state index contributed by atoms with van der Waals surface area (Å²) in [6, 6.07) is 8.72. The maximum absolute atomic E-state index is 12.2. The van der Waals surface area contributed by atoms with Crippen LogP contribution in [0.4, 0.5) is 0 Å². The lowest BCUT2D eigenvalue weighted by Crippen LogP contribution is -2.07. The number of thiophene rings is 1. The van der Waals surface area contributed by atoms with E-state index in [1.165, 1.54) is 6.07 Å². The SMILES string of the molecule is Cc1cc(C)cc(CS(=O)(=O)Cc2ccc(C(=O)O)s2)c1. The number of rotatable bonds is 5. The van der Waals surface area contributed by atoms with Gasteiger partial charge in [-0.05, 0) is 31.5 Å². The molecule has 0 saturated heterocycles. The van der Waals surface area contributed by atoms with Crippen molar-refractivity contribution in [2.45, 2.75) is 25.4 Å². The van der Waals surface area contributed by atoms with Crippen LogP contribution in [0.1, 0.15) is 31.2 Å². The van der Waals surface area contributed by atoms with Crippen LogP contribution in [-0.2, 0) is 21.3 Å². The Morgan fingerprint density at radius 2 is 1.71 bits per heavy atom. The molecule has 2 rings (SSSR count). The molecule has 0 fully saturated rings. The van der Waals surface area contributed by atoms with Crippen molar-refractivity contribution in [1.82, 2.24) is 0 Å². The van der Waals surface area contributed by atoms with Crippen molar-refractivity contribution in [1.29, 1.82) is 0 Å². The third-order valence-corrected chi connectivity index (χ3v) is 5.68. The van der Waals surface area contributed by atoms with Crippen LogP contribution in [0.25, 0.3) is 0 Å². The van der Waals surface area contributed by atoms with Gasteiger partial charge in [-0.15, -0.1) is 11.3 Å². The van der Waals surface area contributed by atoms with Crippen LogP contribution in [-0.4, -0.2) is 19.5 Å². The quantitative estimate of drug-likeness (QED) is 0.917. The summed E-state index contributed by atoms with van der Waals surface area (Å²) in [7, 11) is -3.32. The minimum absolute atomic E-state index is 0.0319. The zero-order valence-corrected chi connectivity index (χ0v) is 13.4. The van der Waals surface area contributed by atoms with Gasteiger partial charge in [0.1, 0.15) is 4.88 Å². The lowest BCUT2D eigenvalue weighted by molar-refractivity contribution is 0.0702. The van der Waals surface area contributed by atoms with E-state index in [0.717, 1.165) is 28.0 Å². The van der Waals surface area contributed by atoms with Crippen molar-refractivity contribution in [3.63, 3.8) is 0 Å². The molecular formula is C15H16O4S2. The molecule has 0 aliphatic heterocycles. The largest absolute Gasteiger partial charge is 0.477 e. The molecule has 0 saturated carbocycles. The van der Waals surface area contributed by atoms with Gasteiger partial charge in [-0.1, -0.05) is 29.3 Å². The van der Waals surface area contributed by atoms with Gasteiger partial charge in [0.05, 0.1) is 11.5 Å². The molecule has 0 aliphatic carbocycles. The lowest BCUT2D eigenvalue weighted by Gasteiger charge is -2.06. The summed E-state index contributed by atoms with van der Waals surface area (Å²) in [5, 5.41) is 8.85. The second kappa shape index (κ2) is 5.99. The smallest absolute Gasteiger partial charge is 0.345 e. The molecule has 0 bridgehead atoms. The summed E-state index contributed by atoms with van der Waals surface area (Å²) in [6.07, 6.45) is 0. The number of aromatic carboxylic acids is 1. The Kier molecular flexibility index (Phi) is 4.49. The molecule has 0 spiro atoms. The maximum atomic E-state index is 12.2. The van der Waals surface area contributed by atoms with E-state index in [0.29, 0.717) is 4.88 Å². The van der Waals surface area contributed by atoms with Crippen LogP contribution in [0.3, 0.4) is 0 Å². The molecule has 21 heavy (non-hydrogen) atoms. The number of sulfone groups is 1. The van der Waals surface area contributed by atoms with Crippen molar-refractivity contribution >= 4 is 27.1 Å². The minimum atomic E-state index is -3.32. The second-order valence-electron chi connectivity index (χ2n) is 5.10. The molecule has 6 heteroatoms. The highest BCUT2D eigenvalue weighted by molar-refractivity contribution is 7.90. The van der Waals surface area contributed by atoms with Crippen LogP contribution < -0.4 is 0 Å². The molecule has 0 radical (unpaired) electrons. The Hall–Kier alpha value is -1.66. The highest BCUT2D eigenvalue weighted by Crippen LogP contribution is 2.21. The fourth-order valence-corrected chi connectivity index (χ4v) is 4.97. The summed E-state index contributed by atoms with van der Waals surface area (Å²) in [4.78, 5) is 11.5. The van der Waals surface area contributed by atoms with E-state index < -0.39 is 15.8 Å². The van der Waals surface area contributed by atoms with Gasteiger partial charge in [0, 0.05) is 4.88 Å². The van der Waals surface area contributed by atoms with E-state index in [1.807, 2.05) is 32.0 Å². The Labute approximate surface area is 128 Å². The Morgan fingerprint density at radius 3 is 2.24 bits per heavy atom. The first-order valence-corrected chi connectivity index (χ1v) is 8.98. The van der Waals surface area contributed by atoms with Gasteiger partial charge < -0.3 is 5.11 Å². The summed E-state index contributed by atoms with van der Waals surface area (Å²) < 4.78 is 24.5. The van der Waals surface area contributed by atoms with Crippen molar-refractivity contribution in [3.05, 3.63) is 56.8 Å². The maximum Gasteiger partial charge on any atom is 0.345 e. The molecule has 2 aromatic rings. The third-order valence-electron chi connectivity index (χ3n) is 2.90. The molecule has 0 aliphatic rings. The van der Waals surface area contributed by atoms with Crippen LogP contribution >= 0.6 is 11.3 Å². The third kappa shape index (κ3) is 4.41. The van der Waals surface area contributed by atoms with Crippen molar-refractivity contribution < 1.29 is 18.3 Å². The molecule has 0 unspecified atom stereocenters. The zero-order valence-electron chi connectivity index (χ0n) is 11.8. The van der Waals surface area contributed by atoms with Crippen molar-refractivity contribution in [3.8, 4) is 0 Å². The molecule has 112 valence electrons. The van der Waals surface area contributed by atoms with Crippen LogP contribution in [0.2, 0.25) is 0 Å². The second-order valence-corrected chi connectivity index (χ2v) is 8.33. The number of carbonyl (C=O) groups is 1. The lowest BCUT2D eigenvalue weighted by atomic mass is 10.1. The highest BCUT2D eigenvalue weighted by Gasteiger charge is 2.16. The predicted octanol–water partition coefficient (Wildman–Crippen LogP) is 3.18. The van der Waals surface area contributed by atoms with Gasteiger partial charge in [-0.3, -0.25) is 0 Å². The number of hydrogen-bond acceptors (Lipinski definition) is 4. The fourth-order valence-electron chi connectivity index (χ4n) is 2.24. The van der Waals surface area contributed by atoms with Gasteiger partial charge in [0.25, 0.3) is 0 Å². The number of aryl methyl sites for hydroxylation is 2. The number of benzene rings is 1. The van der Waals surface area contributed by atoms with Gasteiger partial charge >= 0.3 is 5.97 Å². The predicted molar refractivity (Wildman–Crippen MR) is 83.5 cm³/mol. The van der Waals surface area contributed by atoms with Gasteiger partial charge in [-0.25, -0.2) is 13.2 Å². The summed E-state index contributed by atoms with van der Waals surface area (Å²) >= 11 is 1.01. The zero-order chi connectivity index (χ0) is 15.6. The normalized spacial score (nSPS) is 11.5. The summed E-state index contributed by atoms with van der Waals surface area (Å²) in [6.45, 7) is 3.86. The van der Waals surface area contributed by atoms with E-state index in [2.05, 4.69) is 0 Å². The monoisotopic (exact) mass is 324 g/mol. The Bertz CT molecular complexity index is 752. The molecule has 1 aromatic heterocycles. The molecular weight excluding hydrogens is 308 g/mol. The van der Waals surface area contributed by atoms with Crippen molar-refractivity contribution in [2.75, 3.05) is 0 Å². The number of carboxylic acids is 1. The molecule has 4 nitrogen and oxygen atoms in total.